The fourth-order valence-electron chi connectivity index (χ4n) is 4.37. The zero-order valence-corrected chi connectivity index (χ0v) is 17.9. The summed E-state index contributed by atoms with van der Waals surface area (Å²) in [4.78, 5) is 15.0. The fraction of sp³-hybridized carbons (Fsp3) is 0.273. The zero-order chi connectivity index (χ0) is 21.7. The number of anilines is 1. The van der Waals surface area contributed by atoms with Gasteiger partial charge in [-0.15, -0.1) is 11.3 Å². The van der Waals surface area contributed by atoms with Gasteiger partial charge in [-0.25, -0.2) is 4.39 Å². The van der Waals surface area contributed by atoms with Gasteiger partial charge >= 0.3 is 0 Å². The summed E-state index contributed by atoms with van der Waals surface area (Å²) in [6, 6.07) is 8.86. The summed E-state index contributed by atoms with van der Waals surface area (Å²) in [5, 5.41) is 13.9. The number of ether oxygens (including phenoxy) is 1. The van der Waals surface area contributed by atoms with E-state index in [0.29, 0.717) is 47.6 Å². The van der Waals surface area contributed by atoms with Crippen LogP contribution in [0.1, 0.15) is 22.3 Å². The van der Waals surface area contributed by atoms with Crippen molar-refractivity contribution in [1.82, 2.24) is 10.2 Å². The summed E-state index contributed by atoms with van der Waals surface area (Å²) < 4.78 is 22.4. The zero-order valence-electron chi connectivity index (χ0n) is 16.4. The predicted molar refractivity (Wildman–Crippen MR) is 119 cm³/mol. The van der Waals surface area contributed by atoms with E-state index in [9.17, 15) is 10.1 Å². The molecule has 1 aromatic heterocycles. The number of nitriles is 1. The van der Waals surface area contributed by atoms with Crippen LogP contribution in [-0.4, -0.2) is 43.1 Å². The molecule has 31 heavy (non-hydrogen) atoms. The van der Waals surface area contributed by atoms with Crippen LogP contribution in [0.2, 0.25) is 5.02 Å². The molecule has 3 heterocycles. The SMILES string of the molecule is N#Cc1c(N)sc2cccc(-c3c(Cl)cc4c(c3F)OCC[C@H]3CNCCN3C4=O)c12. The average molecular weight is 457 g/mol. The van der Waals surface area contributed by atoms with Crippen molar-refractivity contribution in [2.24, 2.45) is 0 Å². The maximum Gasteiger partial charge on any atom is 0.258 e. The molecule has 3 aromatic rings. The molecule has 9 heteroatoms. The largest absolute Gasteiger partial charge is 0.490 e. The molecule has 0 bridgehead atoms. The van der Waals surface area contributed by atoms with E-state index in [1.807, 2.05) is 6.07 Å². The predicted octanol–water partition coefficient (Wildman–Crippen LogP) is 4.01. The molecule has 1 atom stereocenters. The fourth-order valence-corrected chi connectivity index (χ4v) is 5.61. The van der Waals surface area contributed by atoms with Crippen LogP contribution in [0.3, 0.4) is 0 Å². The molecule has 0 unspecified atom stereocenters. The molecule has 2 aromatic carbocycles. The standard InChI is InChI=1S/C22H18ClFN4O2S/c23-15-8-13-20(30-7-4-11-10-27-5-6-28(11)22(13)29)19(24)18(15)12-2-1-3-16-17(12)14(9-25)21(26)31-16/h1-3,8,11,27H,4-7,10,26H2/t11-/m0/s1. The van der Waals surface area contributed by atoms with Crippen LogP contribution in [0.5, 0.6) is 5.75 Å². The topological polar surface area (TPSA) is 91.4 Å². The monoisotopic (exact) mass is 456 g/mol. The maximum absolute atomic E-state index is 15.9. The Morgan fingerprint density at radius 1 is 1.39 bits per heavy atom. The number of nitrogens with zero attached hydrogens (tertiary/aromatic N) is 2. The van der Waals surface area contributed by atoms with E-state index in [1.165, 1.54) is 17.4 Å². The summed E-state index contributed by atoms with van der Waals surface area (Å²) in [6.07, 6.45) is 0.602. The van der Waals surface area contributed by atoms with Gasteiger partial charge in [-0.05, 0) is 17.7 Å². The molecule has 5 rings (SSSR count). The third kappa shape index (κ3) is 3.12. The molecule has 0 saturated carbocycles. The van der Waals surface area contributed by atoms with Gasteiger partial charge in [-0.3, -0.25) is 4.79 Å². The molecule has 1 fully saturated rings. The van der Waals surface area contributed by atoms with Crippen molar-refractivity contribution < 1.29 is 13.9 Å². The van der Waals surface area contributed by atoms with Gasteiger partial charge in [0.15, 0.2) is 11.6 Å². The van der Waals surface area contributed by atoms with Crippen LogP contribution in [0.15, 0.2) is 24.3 Å². The van der Waals surface area contributed by atoms with E-state index in [1.54, 1.807) is 17.0 Å². The smallest absolute Gasteiger partial charge is 0.258 e. The lowest BCUT2D eigenvalue weighted by molar-refractivity contribution is 0.0572. The normalized spacial score (nSPS) is 18.5. The third-order valence-corrected chi connectivity index (χ3v) is 7.12. The number of rotatable bonds is 1. The first-order valence-electron chi connectivity index (χ1n) is 9.89. The van der Waals surface area contributed by atoms with Crippen molar-refractivity contribution in [3.05, 3.63) is 46.2 Å². The Morgan fingerprint density at radius 3 is 3.03 bits per heavy atom. The van der Waals surface area contributed by atoms with Crippen LogP contribution in [0.4, 0.5) is 9.39 Å². The molecule has 3 N–H and O–H groups in total. The second-order valence-electron chi connectivity index (χ2n) is 7.55. The number of carbonyl (C=O) groups excluding carboxylic acids is 1. The van der Waals surface area contributed by atoms with Gasteiger partial charge in [0.1, 0.15) is 11.1 Å². The van der Waals surface area contributed by atoms with E-state index < -0.39 is 5.82 Å². The first kappa shape index (κ1) is 20.1. The Labute approximate surface area is 187 Å². The minimum Gasteiger partial charge on any atom is -0.490 e. The summed E-state index contributed by atoms with van der Waals surface area (Å²) in [5.41, 5.74) is 6.97. The molecule has 1 amide bonds. The first-order valence-corrected chi connectivity index (χ1v) is 11.1. The van der Waals surface area contributed by atoms with E-state index >= 15 is 4.39 Å². The van der Waals surface area contributed by atoms with E-state index in [2.05, 4.69) is 11.4 Å². The number of benzene rings is 2. The van der Waals surface area contributed by atoms with Crippen LogP contribution in [0.25, 0.3) is 21.2 Å². The molecule has 0 radical (unpaired) electrons. The van der Waals surface area contributed by atoms with Gasteiger partial charge in [0.2, 0.25) is 0 Å². The van der Waals surface area contributed by atoms with Crippen LogP contribution in [-0.2, 0) is 0 Å². The number of amides is 1. The minimum atomic E-state index is -0.703. The van der Waals surface area contributed by atoms with Gasteiger partial charge in [-0.2, -0.15) is 5.26 Å². The third-order valence-electron chi connectivity index (χ3n) is 5.84. The van der Waals surface area contributed by atoms with Crippen LogP contribution >= 0.6 is 22.9 Å². The van der Waals surface area contributed by atoms with Gasteiger partial charge < -0.3 is 20.7 Å². The lowest BCUT2D eigenvalue weighted by atomic mass is 9.96. The van der Waals surface area contributed by atoms with Crippen molar-refractivity contribution in [2.75, 3.05) is 32.0 Å². The highest BCUT2D eigenvalue weighted by Crippen LogP contribution is 2.45. The van der Waals surface area contributed by atoms with Crippen molar-refractivity contribution in [3.8, 4) is 22.9 Å². The van der Waals surface area contributed by atoms with Crippen LogP contribution < -0.4 is 15.8 Å². The van der Waals surface area contributed by atoms with Gasteiger partial charge in [0.05, 0.1) is 22.8 Å². The number of thiophene rings is 1. The average Bonchev–Trinajstić information content (AvgIpc) is 3.09. The highest BCUT2D eigenvalue weighted by molar-refractivity contribution is 7.23. The second-order valence-corrected chi connectivity index (χ2v) is 9.04. The number of nitrogen functional groups attached to an aromatic ring is 1. The molecular formula is C22H18ClFN4O2S. The highest BCUT2D eigenvalue weighted by Gasteiger charge is 2.34. The number of halogens is 2. The molecule has 0 spiro atoms. The Kier molecular flexibility index (Phi) is 4.97. The quantitative estimate of drug-likeness (QED) is 0.577. The van der Waals surface area contributed by atoms with Crippen molar-refractivity contribution in [3.63, 3.8) is 0 Å². The second kappa shape index (κ2) is 7.68. The van der Waals surface area contributed by atoms with Gasteiger partial charge in [-0.1, -0.05) is 23.7 Å². The Morgan fingerprint density at radius 2 is 2.23 bits per heavy atom. The van der Waals surface area contributed by atoms with Crippen LogP contribution in [0, 0.1) is 17.1 Å². The number of hydrogen-bond acceptors (Lipinski definition) is 6. The summed E-state index contributed by atoms with van der Waals surface area (Å²) in [7, 11) is 0. The molecule has 1 saturated heterocycles. The number of carbonyl (C=O) groups is 1. The number of nitrogens with two attached hydrogens (primary N) is 1. The van der Waals surface area contributed by atoms with Crippen molar-refractivity contribution in [2.45, 2.75) is 12.5 Å². The summed E-state index contributed by atoms with van der Waals surface area (Å²) >= 11 is 7.81. The first-order chi connectivity index (χ1) is 15.0. The van der Waals surface area contributed by atoms with E-state index in [4.69, 9.17) is 22.1 Å². The Bertz CT molecular complexity index is 1270. The summed E-state index contributed by atoms with van der Waals surface area (Å²) in [5.74, 6) is -1.09. The number of fused-ring (bicyclic) bond motifs is 3. The Balaban J connectivity index is 1.72. The summed E-state index contributed by atoms with van der Waals surface area (Å²) in [6.45, 7) is 2.19. The Hall–Kier alpha value is -2.86. The number of nitrogens with one attached hydrogen (secondary N) is 1. The molecule has 2 aliphatic heterocycles. The molecular weight excluding hydrogens is 439 g/mol. The lowest BCUT2D eigenvalue weighted by Crippen LogP contribution is -2.54. The number of hydrogen-bond donors (Lipinski definition) is 2. The lowest BCUT2D eigenvalue weighted by Gasteiger charge is -2.38. The maximum atomic E-state index is 15.9. The number of piperazine rings is 1. The van der Waals surface area contributed by atoms with Crippen molar-refractivity contribution in [1.29, 1.82) is 5.26 Å². The van der Waals surface area contributed by atoms with E-state index in [-0.39, 0.29) is 40.5 Å². The molecule has 158 valence electrons. The van der Waals surface area contributed by atoms with Gasteiger partial charge in [0.25, 0.3) is 5.91 Å². The molecule has 2 aliphatic rings. The van der Waals surface area contributed by atoms with Gasteiger partial charge in [0, 0.05) is 47.7 Å². The molecule has 0 aliphatic carbocycles. The minimum absolute atomic E-state index is 0.00312. The van der Waals surface area contributed by atoms with Crippen molar-refractivity contribution >= 4 is 43.9 Å². The van der Waals surface area contributed by atoms with E-state index in [0.717, 1.165) is 4.70 Å². The highest BCUT2D eigenvalue weighted by atomic mass is 35.5. The molecule has 6 nitrogen and oxygen atoms in total.